The summed E-state index contributed by atoms with van der Waals surface area (Å²) in [5.41, 5.74) is 0. The molecule has 2 rings (SSSR count). The molecule has 1 N–H and O–H groups in total. The van der Waals surface area contributed by atoms with Gasteiger partial charge >= 0.3 is 0 Å². The maximum Gasteiger partial charge on any atom is 0.225 e. The molecule has 2 fully saturated rings. The number of hydrogen-bond acceptors (Lipinski definition) is 2. The smallest absolute Gasteiger partial charge is 0.225 e. The fourth-order valence-corrected chi connectivity index (χ4v) is 3.40. The van der Waals surface area contributed by atoms with Crippen LogP contribution in [0.1, 0.15) is 52.4 Å². The van der Waals surface area contributed by atoms with Gasteiger partial charge in [0.1, 0.15) is 0 Å². The summed E-state index contributed by atoms with van der Waals surface area (Å²) < 4.78 is 0. The molecule has 1 aliphatic heterocycles. The third-order valence-electron chi connectivity index (χ3n) is 4.67. The number of carbonyl (C=O) groups excluding carboxylic acids is 1. The molecule has 0 aromatic carbocycles. The van der Waals surface area contributed by atoms with Crippen molar-refractivity contribution in [2.24, 2.45) is 11.8 Å². The Balaban J connectivity index is 1.77. The predicted molar refractivity (Wildman–Crippen MR) is 74.4 cm³/mol. The summed E-state index contributed by atoms with van der Waals surface area (Å²) in [6.45, 7) is 7.48. The second-order valence-electron chi connectivity index (χ2n) is 6.07. The van der Waals surface area contributed by atoms with Crippen molar-refractivity contribution in [1.82, 2.24) is 10.2 Å². The molecule has 2 aliphatic rings. The average Bonchev–Trinajstić information content (AvgIpc) is 2.82. The van der Waals surface area contributed by atoms with Crippen LogP contribution in [-0.4, -0.2) is 36.5 Å². The van der Waals surface area contributed by atoms with Crippen molar-refractivity contribution in [2.45, 2.75) is 58.4 Å². The molecule has 2 unspecified atom stereocenters. The molecule has 1 saturated carbocycles. The van der Waals surface area contributed by atoms with Crippen LogP contribution in [0.2, 0.25) is 0 Å². The van der Waals surface area contributed by atoms with E-state index in [9.17, 15) is 4.79 Å². The topological polar surface area (TPSA) is 32.3 Å². The van der Waals surface area contributed by atoms with Gasteiger partial charge in [0.15, 0.2) is 0 Å². The van der Waals surface area contributed by atoms with Crippen LogP contribution in [0.15, 0.2) is 0 Å². The Hall–Kier alpha value is -0.570. The molecule has 3 nitrogen and oxygen atoms in total. The molecule has 3 heteroatoms. The first kappa shape index (κ1) is 13.9. The second kappa shape index (κ2) is 6.55. The lowest BCUT2D eigenvalue weighted by Gasteiger charge is -2.34. The summed E-state index contributed by atoms with van der Waals surface area (Å²) in [5.74, 6) is 1.37. The first-order valence-corrected chi connectivity index (χ1v) is 7.74. The number of nitrogens with zero attached hydrogens (tertiary/aromatic N) is 1. The van der Waals surface area contributed by atoms with Gasteiger partial charge < -0.3 is 10.2 Å². The van der Waals surface area contributed by atoms with E-state index in [0.717, 1.165) is 38.9 Å². The van der Waals surface area contributed by atoms with Crippen LogP contribution in [0.3, 0.4) is 0 Å². The van der Waals surface area contributed by atoms with Gasteiger partial charge in [-0.25, -0.2) is 0 Å². The standard InChI is InChI=1S/C15H28N2O/c1-3-9-16-13-7-10-17(11-8-13)15(18)14-6-4-5-12(14)2/h12-14,16H,3-11H2,1-2H3. The molecular formula is C15H28N2O. The quantitative estimate of drug-likeness (QED) is 0.833. The summed E-state index contributed by atoms with van der Waals surface area (Å²) in [6.07, 6.45) is 7.06. The van der Waals surface area contributed by atoms with E-state index < -0.39 is 0 Å². The van der Waals surface area contributed by atoms with Crippen molar-refractivity contribution in [3.63, 3.8) is 0 Å². The summed E-state index contributed by atoms with van der Waals surface area (Å²) in [5, 5.41) is 3.57. The minimum atomic E-state index is 0.324. The number of hydrogen-bond donors (Lipinski definition) is 1. The maximum absolute atomic E-state index is 12.4. The number of amides is 1. The van der Waals surface area contributed by atoms with E-state index in [-0.39, 0.29) is 0 Å². The molecule has 0 bridgehead atoms. The Kier molecular flexibility index (Phi) is 5.04. The molecule has 2 atom stereocenters. The van der Waals surface area contributed by atoms with Crippen molar-refractivity contribution in [1.29, 1.82) is 0 Å². The lowest BCUT2D eigenvalue weighted by Crippen LogP contribution is -2.47. The molecule has 18 heavy (non-hydrogen) atoms. The summed E-state index contributed by atoms with van der Waals surface area (Å²) >= 11 is 0. The normalized spacial score (nSPS) is 29.8. The third-order valence-corrected chi connectivity index (χ3v) is 4.67. The zero-order valence-corrected chi connectivity index (χ0v) is 12.0. The van der Waals surface area contributed by atoms with E-state index in [0.29, 0.717) is 23.8 Å². The minimum Gasteiger partial charge on any atom is -0.342 e. The van der Waals surface area contributed by atoms with Crippen molar-refractivity contribution in [3.8, 4) is 0 Å². The number of likely N-dealkylation sites (tertiary alicyclic amines) is 1. The van der Waals surface area contributed by atoms with Gasteiger partial charge in [-0.3, -0.25) is 4.79 Å². The van der Waals surface area contributed by atoms with Gasteiger partial charge in [-0.1, -0.05) is 20.3 Å². The van der Waals surface area contributed by atoms with Crippen molar-refractivity contribution in [2.75, 3.05) is 19.6 Å². The Morgan fingerprint density at radius 3 is 2.50 bits per heavy atom. The SMILES string of the molecule is CCCNC1CCN(C(=O)C2CCCC2C)CC1. The van der Waals surface area contributed by atoms with E-state index in [4.69, 9.17) is 0 Å². The largest absolute Gasteiger partial charge is 0.342 e. The van der Waals surface area contributed by atoms with Gasteiger partial charge in [0.2, 0.25) is 5.91 Å². The van der Waals surface area contributed by atoms with E-state index in [1.165, 1.54) is 19.3 Å². The number of rotatable bonds is 4. The fourth-order valence-electron chi connectivity index (χ4n) is 3.40. The number of piperidine rings is 1. The highest BCUT2D eigenvalue weighted by Gasteiger charge is 2.34. The van der Waals surface area contributed by atoms with E-state index >= 15 is 0 Å². The molecule has 1 aliphatic carbocycles. The average molecular weight is 252 g/mol. The van der Waals surface area contributed by atoms with Gasteiger partial charge in [0.05, 0.1) is 0 Å². The molecule has 0 aromatic heterocycles. The second-order valence-corrected chi connectivity index (χ2v) is 6.07. The molecule has 1 heterocycles. The maximum atomic E-state index is 12.4. The van der Waals surface area contributed by atoms with E-state index in [1.807, 2.05) is 0 Å². The molecule has 104 valence electrons. The molecule has 0 spiro atoms. The molecule has 1 saturated heterocycles. The highest BCUT2D eigenvalue weighted by atomic mass is 16.2. The van der Waals surface area contributed by atoms with Crippen LogP contribution in [0.4, 0.5) is 0 Å². The fraction of sp³-hybridized carbons (Fsp3) is 0.933. The Bertz CT molecular complexity index is 272. The summed E-state index contributed by atoms with van der Waals surface area (Å²) in [6, 6.07) is 0.634. The van der Waals surface area contributed by atoms with Crippen LogP contribution in [0, 0.1) is 11.8 Å². The van der Waals surface area contributed by atoms with Crippen molar-refractivity contribution in [3.05, 3.63) is 0 Å². The van der Waals surface area contributed by atoms with E-state index in [2.05, 4.69) is 24.1 Å². The van der Waals surface area contributed by atoms with Crippen LogP contribution < -0.4 is 5.32 Å². The van der Waals surface area contributed by atoms with Crippen LogP contribution >= 0.6 is 0 Å². The Morgan fingerprint density at radius 1 is 1.22 bits per heavy atom. The predicted octanol–water partition coefficient (Wildman–Crippen LogP) is 2.41. The Labute approximate surface area is 111 Å². The zero-order chi connectivity index (χ0) is 13.0. The van der Waals surface area contributed by atoms with Gasteiger partial charge in [-0.05, 0) is 44.6 Å². The molecular weight excluding hydrogens is 224 g/mol. The van der Waals surface area contributed by atoms with Crippen LogP contribution in [-0.2, 0) is 4.79 Å². The van der Waals surface area contributed by atoms with Gasteiger partial charge in [-0.15, -0.1) is 0 Å². The number of nitrogens with one attached hydrogen (secondary N) is 1. The molecule has 0 aromatic rings. The first-order valence-electron chi connectivity index (χ1n) is 7.74. The van der Waals surface area contributed by atoms with Gasteiger partial charge in [0, 0.05) is 25.0 Å². The highest BCUT2D eigenvalue weighted by Crippen LogP contribution is 2.33. The van der Waals surface area contributed by atoms with Gasteiger partial charge in [0.25, 0.3) is 0 Å². The molecule has 0 radical (unpaired) electrons. The zero-order valence-electron chi connectivity index (χ0n) is 12.0. The summed E-state index contributed by atoms with van der Waals surface area (Å²) in [4.78, 5) is 14.6. The lowest BCUT2D eigenvalue weighted by atomic mass is 9.95. The highest BCUT2D eigenvalue weighted by molar-refractivity contribution is 5.79. The summed E-state index contributed by atoms with van der Waals surface area (Å²) in [7, 11) is 0. The van der Waals surface area contributed by atoms with Crippen molar-refractivity contribution < 1.29 is 4.79 Å². The van der Waals surface area contributed by atoms with Crippen LogP contribution in [0.25, 0.3) is 0 Å². The number of carbonyl (C=O) groups is 1. The van der Waals surface area contributed by atoms with Crippen molar-refractivity contribution >= 4 is 5.91 Å². The monoisotopic (exact) mass is 252 g/mol. The minimum absolute atomic E-state index is 0.324. The third kappa shape index (κ3) is 3.25. The van der Waals surface area contributed by atoms with E-state index in [1.54, 1.807) is 0 Å². The lowest BCUT2D eigenvalue weighted by molar-refractivity contribution is -0.137. The Morgan fingerprint density at radius 2 is 1.94 bits per heavy atom. The van der Waals surface area contributed by atoms with Gasteiger partial charge in [-0.2, -0.15) is 0 Å². The van der Waals surface area contributed by atoms with Crippen LogP contribution in [0.5, 0.6) is 0 Å². The first-order chi connectivity index (χ1) is 8.72. The molecule has 1 amide bonds.